The van der Waals surface area contributed by atoms with E-state index in [0.29, 0.717) is 13.0 Å². The first-order valence-electron chi connectivity index (χ1n) is 23.5. The third-order valence-electron chi connectivity index (χ3n) is 9.72. The molecule has 0 aliphatic carbocycles. The molecule has 346 valence electrons. The fourth-order valence-corrected chi connectivity index (χ4v) is 6.87. The minimum atomic E-state index is -4.63. The van der Waals surface area contributed by atoms with Gasteiger partial charge in [-0.25, -0.2) is 4.57 Å². The highest BCUT2D eigenvalue weighted by molar-refractivity contribution is 7.47. The van der Waals surface area contributed by atoms with Crippen LogP contribution < -0.4 is 5.73 Å². The highest BCUT2D eigenvalue weighted by Crippen LogP contribution is 2.43. The third-order valence-corrected chi connectivity index (χ3v) is 10.7. The van der Waals surface area contributed by atoms with Crippen LogP contribution in [0.3, 0.4) is 0 Å². The predicted octanol–water partition coefficient (Wildman–Crippen LogP) is 13.4. The van der Waals surface area contributed by atoms with Crippen LogP contribution >= 0.6 is 7.82 Å². The number of phosphoric ester groups is 1. The zero-order valence-corrected chi connectivity index (χ0v) is 38.7. The summed E-state index contributed by atoms with van der Waals surface area (Å²) in [7, 11) is -4.63. The van der Waals surface area contributed by atoms with Crippen LogP contribution in [0, 0.1) is 0 Å². The number of rotatable bonds is 44. The monoisotopic (exact) mass is 864 g/mol. The van der Waals surface area contributed by atoms with Gasteiger partial charge in [-0.15, -0.1) is 0 Å². The molecule has 0 saturated carbocycles. The van der Waals surface area contributed by atoms with Gasteiger partial charge in [0.1, 0.15) is 12.1 Å². The van der Waals surface area contributed by atoms with Crippen LogP contribution in [0.2, 0.25) is 0 Å². The van der Waals surface area contributed by atoms with Crippen LogP contribution in [-0.4, -0.2) is 60.5 Å². The van der Waals surface area contributed by atoms with Gasteiger partial charge >= 0.3 is 19.8 Å². The van der Waals surface area contributed by atoms with Crippen LogP contribution in [0.4, 0.5) is 0 Å². The van der Waals surface area contributed by atoms with Crippen molar-refractivity contribution in [1.82, 2.24) is 0 Å². The molecule has 0 aliphatic rings. The van der Waals surface area contributed by atoms with Gasteiger partial charge in [0.2, 0.25) is 0 Å². The molecule has 0 amide bonds. The molecule has 0 radical (unpaired) electrons. The number of allylic oxidation sites excluding steroid dienone is 12. The Morgan fingerprint density at radius 1 is 0.550 bits per heavy atom. The summed E-state index contributed by atoms with van der Waals surface area (Å²) in [6.07, 6.45) is 55.2. The molecule has 0 heterocycles. The maximum absolute atomic E-state index is 12.7. The number of unbranched alkanes of at least 4 members (excludes halogenated alkanes) is 18. The van der Waals surface area contributed by atoms with Crippen molar-refractivity contribution in [2.75, 3.05) is 26.4 Å². The van der Waals surface area contributed by atoms with Crippen molar-refractivity contribution >= 4 is 19.8 Å². The lowest BCUT2D eigenvalue weighted by molar-refractivity contribution is -0.154. The average Bonchev–Trinajstić information content (AvgIpc) is 3.23. The molecule has 0 aromatic heterocycles. The van der Waals surface area contributed by atoms with E-state index >= 15 is 0 Å². The number of esters is 1. The second-order valence-corrected chi connectivity index (χ2v) is 17.0. The van der Waals surface area contributed by atoms with E-state index in [-0.39, 0.29) is 13.0 Å². The number of carboxylic acids is 1. The molecule has 0 bridgehead atoms. The molecule has 3 unspecified atom stereocenters. The normalized spacial score (nSPS) is 14.5. The second-order valence-electron chi connectivity index (χ2n) is 15.5. The quantitative estimate of drug-likeness (QED) is 0.0233. The number of ether oxygens (including phenoxy) is 2. The maximum atomic E-state index is 12.7. The highest BCUT2D eigenvalue weighted by atomic mass is 31.2. The number of phosphoric acid groups is 1. The molecule has 0 rings (SSSR count). The van der Waals surface area contributed by atoms with E-state index in [1.165, 1.54) is 77.0 Å². The van der Waals surface area contributed by atoms with Crippen molar-refractivity contribution < 1.29 is 42.7 Å². The fraction of sp³-hybridized carbons (Fsp3) is 0.714. The Hall–Kier alpha value is -2.59. The number of nitrogens with two attached hydrogens (primary N) is 1. The molecule has 0 spiro atoms. The number of aliphatic carboxylic acids is 1. The molecule has 3 atom stereocenters. The number of carbonyl (C=O) groups excluding carboxylic acids is 1. The van der Waals surface area contributed by atoms with Gasteiger partial charge in [0, 0.05) is 13.0 Å². The van der Waals surface area contributed by atoms with Crippen LogP contribution in [0.25, 0.3) is 0 Å². The molecule has 11 heteroatoms. The van der Waals surface area contributed by atoms with Crippen LogP contribution in [0.1, 0.15) is 187 Å². The van der Waals surface area contributed by atoms with E-state index in [0.717, 1.165) is 83.5 Å². The van der Waals surface area contributed by atoms with E-state index in [4.69, 9.17) is 29.4 Å². The van der Waals surface area contributed by atoms with Crippen LogP contribution in [0.15, 0.2) is 72.9 Å². The summed E-state index contributed by atoms with van der Waals surface area (Å²) >= 11 is 0. The average molecular weight is 864 g/mol. The largest absolute Gasteiger partial charge is 0.480 e. The Morgan fingerprint density at radius 2 is 0.967 bits per heavy atom. The van der Waals surface area contributed by atoms with Gasteiger partial charge < -0.3 is 25.2 Å². The Balaban J connectivity index is 4.24. The van der Waals surface area contributed by atoms with Gasteiger partial charge in [-0.3, -0.25) is 18.6 Å². The lowest BCUT2D eigenvalue weighted by atomic mass is 10.1. The zero-order valence-electron chi connectivity index (χ0n) is 37.8. The van der Waals surface area contributed by atoms with Gasteiger partial charge in [-0.05, 0) is 83.5 Å². The number of hydrogen-bond acceptors (Lipinski definition) is 8. The standard InChI is InChI=1S/C49H86NO9P/c1-3-5-7-9-11-13-15-17-19-21-23-24-26-28-30-32-34-36-38-40-42-56-43-46(44-57-60(54,55)58-45-47(50)49(52)53)59-48(51)41-39-37-35-33-31-29-27-25-22-20-18-16-14-12-10-8-6-4-2/h5,7,11,13-14,16-17,19-20,22-24,46-47H,3-4,6,8-10,12,15,18,21,25-45,50H2,1-2H3,(H,52,53)(H,54,55)/b7-5-,13-11-,16-14-,19-17-,22-20-,24-23-. The molecule has 0 aliphatic heterocycles. The summed E-state index contributed by atoms with van der Waals surface area (Å²) in [6, 6.07) is -1.48. The summed E-state index contributed by atoms with van der Waals surface area (Å²) in [5.74, 6) is -1.79. The van der Waals surface area contributed by atoms with Gasteiger partial charge in [-0.2, -0.15) is 0 Å². The molecule has 0 aromatic carbocycles. The van der Waals surface area contributed by atoms with Gasteiger partial charge in [0.15, 0.2) is 0 Å². The predicted molar refractivity (Wildman–Crippen MR) is 249 cm³/mol. The van der Waals surface area contributed by atoms with Crippen molar-refractivity contribution in [1.29, 1.82) is 0 Å². The highest BCUT2D eigenvalue weighted by Gasteiger charge is 2.27. The van der Waals surface area contributed by atoms with E-state index in [1.54, 1.807) is 0 Å². The molecular formula is C49H86NO9P. The smallest absolute Gasteiger partial charge is 0.472 e. The lowest BCUT2D eigenvalue weighted by Crippen LogP contribution is -2.34. The molecule has 10 nitrogen and oxygen atoms in total. The van der Waals surface area contributed by atoms with Crippen molar-refractivity contribution in [3.05, 3.63) is 72.9 Å². The number of hydrogen-bond donors (Lipinski definition) is 3. The van der Waals surface area contributed by atoms with Crippen molar-refractivity contribution in [3.63, 3.8) is 0 Å². The molecule has 60 heavy (non-hydrogen) atoms. The summed E-state index contributed by atoms with van der Waals surface area (Å²) in [5, 5.41) is 8.91. The van der Waals surface area contributed by atoms with Crippen molar-refractivity contribution in [2.45, 2.75) is 199 Å². The zero-order chi connectivity index (χ0) is 44.0. The minimum Gasteiger partial charge on any atom is -0.480 e. The SMILES string of the molecule is CC/C=C\C/C=C\C/C=C\C/C=C\CCCCCCCCCOCC(COP(=O)(O)OCC(N)C(=O)O)OC(=O)CCCCCCCCC/C=C\C/C=C\CCCCCC. The van der Waals surface area contributed by atoms with E-state index in [2.05, 4.69) is 86.8 Å². The second kappa shape index (κ2) is 44.5. The molecule has 4 N–H and O–H groups in total. The van der Waals surface area contributed by atoms with Gasteiger partial charge in [0.25, 0.3) is 0 Å². The first kappa shape index (κ1) is 57.4. The third kappa shape index (κ3) is 43.5. The molecule has 0 fully saturated rings. The summed E-state index contributed by atoms with van der Waals surface area (Å²) < 4.78 is 33.4. The minimum absolute atomic E-state index is 0.00267. The van der Waals surface area contributed by atoms with E-state index in [9.17, 15) is 19.0 Å². The number of carboxylic acid groups (broad SMARTS) is 1. The van der Waals surface area contributed by atoms with E-state index in [1.807, 2.05) is 0 Å². The summed E-state index contributed by atoms with van der Waals surface area (Å²) in [6.45, 7) is 3.72. The van der Waals surface area contributed by atoms with Crippen LogP contribution in [0.5, 0.6) is 0 Å². The molecule has 0 saturated heterocycles. The maximum Gasteiger partial charge on any atom is 0.472 e. The van der Waals surface area contributed by atoms with Crippen molar-refractivity contribution in [2.24, 2.45) is 5.73 Å². The Labute approximate surface area is 365 Å². The Kier molecular flexibility index (Phi) is 42.5. The first-order chi connectivity index (χ1) is 29.2. The molecular weight excluding hydrogens is 778 g/mol. The lowest BCUT2D eigenvalue weighted by Gasteiger charge is -2.20. The Morgan fingerprint density at radius 3 is 1.45 bits per heavy atom. The first-order valence-corrected chi connectivity index (χ1v) is 25.0. The van der Waals surface area contributed by atoms with Gasteiger partial charge in [-0.1, -0.05) is 170 Å². The van der Waals surface area contributed by atoms with Crippen LogP contribution in [-0.2, 0) is 32.7 Å². The fourth-order valence-electron chi connectivity index (χ4n) is 6.09. The summed E-state index contributed by atoms with van der Waals surface area (Å²) in [5.41, 5.74) is 5.36. The van der Waals surface area contributed by atoms with Crippen molar-refractivity contribution in [3.8, 4) is 0 Å². The Bertz CT molecular complexity index is 1230. The summed E-state index contributed by atoms with van der Waals surface area (Å²) in [4.78, 5) is 33.6. The molecule has 0 aromatic rings. The van der Waals surface area contributed by atoms with Gasteiger partial charge in [0.05, 0.1) is 19.8 Å². The topological polar surface area (TPSA) is 155 Å². The number of carbonyl (C=O) groups is 2. The van der Waals surface area contributed by atoms with E-state index < -0.39 is 45.1 Å².